The number of alkyl halides is 3. The van der Waals surface area contributed by atoms with Crippen molar-refractivity contribution >= 4 is 12.4 Å². The highest BCUT2D eigenvalue weighted by Gasteiger charge is 2.35. The van der Waals surface area contributed by atoms with Gasteiger partial charge in [-0.1, -0.05) is 23.4 Å². The Labute approximate surface area is 143 Å². The topological polar surface area (TPSA) is 68.2 Å². The Bertz CT molecular complexity index is 673. The lowest BCUT2D eigenvalue weighted by atomic mass is 10.1. The first kappa shape index (κ1) is 18.7. The third-order valence-corrected chi connectivity index (χ3v) is 3.79. The summed E-state index contributed by atoms with van der Waals surface area (Å²) in [6.07, 6.45) is -2.42. The van der Waals surface area contributed by atoms with Gasteiger partial charge in [-0.15, -0.1) is 12.4 Å². The van der Waals surface area contributed by atoms with Crippen LogP contribution < -0.4 is 5.73 Å². The van der Waals surface area contributed by atoms with E-state index in [0.29, 0.717) is 18.3 Å². The molecular formula is C15H18ClF3N4O. The van der Waals surface area contributed by atoms with Gasteiger partial charge in [0.05, 0.1) is 18.7 Å². The van der Waals surface area contributed by atoms with Crippen LogP contribution in [-0.2, 0) is 25.8 Å². The Morgan fingerprint density at radius 2 is 1.92 bits per heavy atom. The van der Waals surface area contributed by atoms with E-state index in [1.165, 1.54) is 12.1 Å². The molecule has 0 unspecified atom stereocenters. The van der Waals surface area contributed by atoms with Crippen molar-refractivity contribution in [3.05, 3.63) is 47.1 Å². The van der Waals surface area contributed by atoms with Crippen LogP contribution >= 0.6 is 12.4 Å². The second-order valence-electron chi connectivity index (χ2n) is 5.60. The molecule has 0 saturated heterocycles. The highest BCUT2D eigenvalue weighted by Crippen LogP contribution is 2.35. The molecule has 5 nitrogen and oxygen atoms in total. The van der Waals surface area contributed by atoms with E-state index in [1.807, 2.05) is 4.90 Å². The average molecular weight is 363 g/mol. The molecule has 0 radical (unpaired) electrons. The zero-order valence-corrected chi connectivity index (χ0v) is 13.6. The maximum absolute atomic E-state index is 13.1. The van der Waals surface area contributed by atoms with Gasteiger partial charge in [-0.2, -0.15) is 18.2 Å². The summed E-state index contributed by atoms with van der Waals surface area (Å²) in [5.74, 6) is 0.772. The molecule has 0 aliphatic heterocycles. The van der Waals surface area contributed by atoms with Crippen molar-refractivity contribution in [1.29, 1.82) is 0 Å². The third kappa shape index (κ3) is 4.46. The number of aromatic nitrogens is 2. The number of halogens is 4. The molecule has 1 aliphatic carbocycles. The van der Waals surface area contributed by atoms with Crippen LogP contribution in [0.15, 0.2) is 28.8 Å². The van der Waals surface area contributed by atoms with Crippen molar-refractivity contribution in [2.75, 3.05) is 0 Å². The maximum atomic E-state index is 13.1. The first-order chi connectivity index (χ1) is 11.0. The van der Waals surface area contributed by atoms with Crippen LogP contribution in [0.5, 0.6) is 0 Å². The molecule has 2 aromatic rings. The largest absolute Gasteiger partial charge is 0.416 e. The van der Waals surface area contributed by atoms with Crippen molar-refractivity contribution in [3.63, 3.8) is 0 Å². The van der Waals surface area contributed by atoms with Crippen molar-refractivity contribution in [1.82, 2.24) is 15.0 Å². The molecule has 1 aromatic heterocycles. The minimum atomic E-state index is -4.36. The second-order valence-corrected chi connectivity index (χ2v) is 5.60. The number of hydrogen-bond acceptors (Lipinski definition) is 5. The Hall–Kier alpha value is -1.64. The van der Waals surface area contributed by atoms with E-state index in [1.54, 1.807) is 6.07 Å². The minimum Gasteiger partial charge on any atom is -0.338 e. The molecular weight excluding hydrogens is 345 g/mol. The van der Waals surface area contributed by atoms with Crippen LogP contribution in [0.25, 0.3) is 0 Å². The van der Waals surface area contributed by atoms with Crippen molar-refractivity contribution in [2.45, 2.75) is 44.7 Å². The number of nitrogens with zero attached hydrogens (tertiary/aromatic N) is 3. The summed E-state index contributed by atoms with van der Waals surface area (Å²) in [5, 5.41) is 3.82. The SMILES string of the molecule is Cl.NCc1nc(CN(Cc2ccccc2C(F)(F)F)C2CC2)no1. The summed E-state index contributed by atoms with van der Waals surface area (Å²) in [6, 6.07) is 5.91. The fourth-order valence-electron chi connectivity index (χ4n) is 2.53. The Kier molecular flexibility index (Phi) is 5.84. The third-order valence-electron chi connectivity index (χ3n) is 3.79. The molecule has 24 heavy (non-hydrogen) atoms. The summed E-state index contributed by atoms with van der Waals surface area (Å²) in [5.41, 5.74) is 5.09. The first-order valence-electron chi connectivity index (χ1n) is 7.38. The van der Waals surface area contributed by atoms with Gasteiger partial charge in [0.1, 0.15) is 0 Å². The molecule has 3 rings (SSSR count). The number of benzene rings is 1. The predicted molar refractivity (Wildman–Crippen MR) is 83.2 cm³/mol. The molecule has 0 amide bonds. The predicted octanol–water partition coefficient (Wildman–Crippen LogP) is 3.13. The van der Waals surface area contributed by atoms with E-state index in [0.717, 1.165) is 18.9 Å². The van der Waals surface area contributed by atoms with Crippen LogP contribution in [0.1, 0.15) is 35.7 Å². The maximum Gasteiger partial charge on any atom is 0.416 e. The Morgan fingerprint density at radius 3 is 2.50 bits per heavy atom. The van der Waals surface area contributed by atoms with E-state index in [2.05, 4.69) is 10.1 Å². The van der Waals surface area contributed by atoms with Gasteiger partial charge in [-0.05, 0) is 24.5 Å². The van der Waals surface area contributed by atoms with Crippen LogP contribution in [0.2, 0.25) is 0 Å². The van der Waals surface area contributed by atoms with Gasteiger partial charge in [-0.3, -0.25) is 4.90 Å². The van der Waals surface area contributed by atoms with Crippen molar-refractivity contribution < 1.29 is 17.7 Å². The summed E-state index contributed by atoms with van der Waals surface area (Å²) in [4.78, 5) is 6.08. The van der Waals surface area contributed by atoms with Gasteiger partial charge in [0.15, 0.2) is 5.82 Å². The van der Waals surface area contributed by atoms with Gasteiger partial charge in [0.25, 0.3) is 0 Å². The Morgan fingerprint density at radius 1 is 1.21 bits per heavy atom. The molecule has 0 spiro atoms. The monoisotopic (exact) mass is 362 g/mol. The van der Waals surface area contributed by atoms with E-state index < -0.39 is 11.7 Å². The smallest absolute Gasteiger partial charge is 0.338 e. The number of rotatable bonds is 6. The van der Waals surface area contributed by atoms with Crippen LogP contribution in [-0.4, -0.2) is 21.1 Å². The standard InChI is InChI=1S/C15H17F3N4O.ClH/c16-15(17,18)12-4-2-1-3-10(12)8-22(11-5-6-11)9-13-20-14(7-19)23-21-13;/h1-4,11H,5-9,19H2;1H. The zero-order chi connectivity index (χ0) is 16.4. The minimum absolute atomic E-state index is 0. The Balaban J connectivity index is 0.00000208. The molecule has 1 fully saturated rings. The summed E-state index contributed by atoms with van der Waals surface area (Å²) < 4.78 is 44.3. The summed E-state index contributed by atoms with van der Waals surface area (Å²) in [7, 11) is 0. The molecule has 0 bridgehead atoms. The zero-order valence-electron chi connectivity index (χ0n) is 12.8. The molecule has 132 valence electrons. The van der Waals surface area contributed by atoms with Crippen LogP contribution in [0.3, 0.4) is 0 Å². The molecule has 1 heterocycles. The van der Waals surface area contributed by atoms with Gasteiger partial charge in [0, 0.05) is 12.6 Å². The fourth-order valence-corrected chi connectivity index (χ4v) is 2.53. The van der Waals surface area contributed by atoms with Crippen LogP contribution in [0.4, 0.5) is 13.2 Å². The van der Waals surface area contributed by atoms with E-state index in [9.17, 15) is 13.2 Å². The lowest BCUT2D eigenvalue weighted by Crippen LogP contribution is -2.27. The number of hydrogen-bond donors (Lipinski definition) is 1. The highest BCUT2D eigenvalue weighted by atomic mass is 35.5. The summed E-state index contributed by atoms with van der Waals surface area (Å²) in [6.45, 7) is 0.695. The van der Waals surface area contributed by atoms with Gasteiger partial charge in [0.2, 0.25) is 5.89 Å². The van der Waals surface area contributed by atoms with E-state index >= 15 is 0 Å². The quantitative estimate of drug-likeness (QED) is 0.855. The first-order valence-corrected chi connectivity index (χ1v) is 7.38. The molecule has 0 atom stereocenters. The number of nitrogens with two attached hydrogens (primary N) is 1. The molecule has 9 heteroatoms. The van der Waals surface area contributed by atoms with Gasteiger partial charge >= 0.3 is 6.18 Å². The molecule has 1 aliphatic rings. The van der Waals surface area contributed by atoms with Crippen molar-refractivity contribution in [3.8, 4) is 0 Å². The normalized spacial score (nSPS) is 14.7. The highest BCUT2D eigenvalue weighted by molar-refractivity contribution is 5.85. The lowest BCUT2D eigenvalue weighted by molar-refractivity contribution is -0.138. The van der Waals surface area contributed by atoms with E-state index in [-0.39, 0.29) is 37.1 Å². The second kappa shape index (κ2) is 7.50. The lowest BCUT2D eigenvalue weighted by Gasteiger charge is -2.22. The van der Waals surface area contributed by atoms with Gasteiger partial charge < -0.3 is 10.3 Å². The van der Waals surface area contributed by atoms with Crippen LogP contribution in [0, 0.1) is 0 Å². The van der Waals surface area contributed by atoms with Gasteiger partial charge in [-0.25, -0.2) is 0 Å². The summed E-state index contributed by atoms with van der Waals surface area (Å²) >= 11 is 0. The average Bonchev–Trinajstić information content (AvgIpc) is 3.26. The molecule has 1 saturated carbocycles. The molecule has 2 N–H and O–H groups in total. The fraction of sp³-hybridized carbons (Fsp3) is 0.467. The molecule has 1 aromatic carbocycles. The van der Waals surface area contributed by atoms with E-state index in [4.69, 9.17) is 10.3 Å². The van der Waals surface area contributed by atoms with Crippen molar-refractivity contribution in [2.24, 2.45) is 5.73 Å².